The van der Waals surface area contributed by atoms with Crippen molar-refractivity contribution in [1.82, 2.24) is 5.32 Å². The van der Waals surface area contributed by atoms with Crippen molar-refractivity contribution in [2.75, 3.05) is 26.2 Å². The Bertz CT molecular complexity index is 25.7. The molecule has 2 heteroatoms. The fourth-order valence-electron chi connectivity index (χ4n) is 0.711. The van der Waals surface area contributed by atoms with Crippen LogP contribution in [0.3, 0.4) is 0 Å². The van der Waals surface area contributed by atoms with E-state index in [0.717, 1.165) is 26.2 Å². The first-order chi connectivity index (χ1) is 3.50. The third-order valence-corrected chi connectivity index (χ3v) is 1.12. The van der Waals surface area contributed by atoms with E-state index in [0.29, 0.717) is 0 Å². The van der Waals surface area contributed by atoms with E-state index in [2.05, 4.69) is 10.6 Å². The van der Waals surface area contributed by atoms with Crippen molar-refractivity contribution in [3.63, 3.8) is 0 Å². The summed E-state index contributed by atoms with van der Waals surface area (Å²) in [6, 6.07) is 0. The lowest BCUT2D eigenvalue weighted by Gasteiger charge is -2.11. The molecule has 0 radical (unpaired) electrons. The molecule has 0 aromatic heterocycles. The topological polar surface area (TPSA) is 26.1 Å². The maximum Gasteiger partial charge on any atom is -0.00660 e. The van der Waals surface area contributed by atoms with Gasteiger partial charge in [-0.05, 0) is 13.1 Å². The molecule has 42 valence electrons. The molecule has 0 aromatic rings. The van der Waals surface area contributed by atoms with Crippen LogP contribution in [0.4, 0.5) is 0 Å². The molecule has 1 heterocycles. The molecule has 0 aromatic carbocycles. The van der Waals surface area contributed by atoms with Gasteiger partial charge in [0.05, 0.1) is 0 Å². The Balaban J connectivity index is 2.04. The van der Waals surface area contributed by atoms with Gasteiger partial charge >= 0.3 is 0 Å². The predicted molar refractivity (Wildman–Crippen MR) is 30.6 cm³/mol. The van der Waals surface area contributed by atoms with Gasteiger partial charge in [0.25, 0.3) is 0 Å². The third-order valence-electron chi connectivity index (χ3n) is 1.12. The molecule has 0 saturated carbocycles. The first kappa shape index (κ1) is 5.06. The van der Waals surface area contributed by atoms with E-state index in [1.807, 2.05) is 0 Å². The summed E-state index contributed by atoms with van der Waals surface area (Å²) >= 11 is 0. The molecule has 0 spiro atoms. The monoisotopic (exact) mass is 99.1 g/mol. The summed E-state index contributed by atoms with van der Waals surface area (Å²) in [6.45, 7) is 4.32. The zero-order valence-electron chi connectivity index (χ0n) is 4.48. The number of rotatable bonds is 0. The first-order valence-electron chi connectivity index (χ1n) is 2.84. The number of nitrogens with one attached hydrogen (secondary N) is 1. The molecule has 2 nitrogen and oxygen atoms in total. The highest BCUT2D eigenvalue weighted by Gasteiger charge is 1.83. The highest BCUT2D eigenvalue weighted by molar-refractivity contribution is 4.82. The minimum Gasteiger partial charge on any atom is -0.661 e. The third kappa shape index (κ3) is 1.90. The van der Waals surface area contributed by atoms with Crippen molar-refractivity contribution in [2.45, 2.75) is 6.42 Å². The van der Waals surface area contributed by atoms with Gasteiger partial charge in [-0.3, -0.25) is 0 Å². The molecular formula is C5H11N2-. The lowest BCUT2D eigenvalue weighted by molar-refractivity contribution is 0.724. The Kier molecular flexibility index (Phi) is 2.17. The van der Waals surface area contributed by atoms with E-state index in [9.17, 15) is 0 Å². The standard InChI is InChI=1S/C5H11N2/c1-2-6-4-5-7-3-1/h6H,1-5H2/q-1. The molecule has 0 bridgehead atoms. The average Bonchev–Trinajstić information content (AvgIpc) is 1.90. The molecule has 1 fully saturated rings. The van der Waals surface area contributed by atoms with Gasteiger partial charge in [-0.1, -0.05) is 6.42 Å². The quantitative estimate of drug-likeness (QED) is 0.466. The maximum absolute atomic E-state index is 4.21. The molecule has 1 rings (SSSR count). The number of hydrogen-bond donors (Lipinski definition) is 1. The summed E-state index contributed by atoms with van der Waals surface area (Å²) < 4.78 is 0. The summed E-state index contributed by atoms with van der Waals surface area (Å²) in [5, 5.41) is 7.46. The lowest BCUT2D eigenvalue weighted by atomic mass is 10.4. The van der Waals surface area contributed by atoms with Crippen LogP contribution in [0.5, 0.6) is 0 Å². The Morgan fingerprint density at radius 1 is 1.14 bits per heavy atom. The summed E-state index contributed by atoms with van der Waals surface area (Å²) in [5.74, 6) is 0. The fourth-order valence-corrected chi connectivity index (χ4v) is 0.711. The van der Waals surface area contributed by atoms with Gasteiger partial charge in [0.15, 0.2) is 0 Å². The molecule has 1 aliphatic heterocycles. The number of hydrogen-bond acceptors (Lipinski definition) is 1. The zero-order chi connectivity index (χ0) is 4.95. The summed E-state index contributed by atoms with van der Waals surface area (Å²) in [4.78, 5) is 0. The molecular weight excluding hydrogens is 88.1 g/mol. The van der Waals surface area contributed by atoms with Gasteiger partial charge in [-0.2, -0.15) is 0 Å². The van der Waals surface area contributed by atoms with Crippen LogP contribution >= 0.6 is 0 Å². The van der Waals surface area contributed by atoms with E-state index in [1.165, 1.54) is 6.42 Å². The maximum atomic E-state index is 4.21. The van der Waals surface area contributed by atoms with Gasteiger partial charge in [-0.25, -0.2) is 0 Å². The van der Waals surface area contributed by atoms with E-state index < -0.39 is 0 Å². The minimum absolute atomic E-state index is 1.01. The Labute approximate surface area is 44.3 Å². The van der Waals surface area contributed by atoms with Crippen LogP contribution in [0, 0.1) is 0 Å². The largest absolute Gasteiger partial charge is 0.661 e. The second kappa shape index (κ2) is 2.99. The van der Waals surface area contributed by atoms with Crippen LogP contribution in [-0.2, 0) is 0 Å². The average molecular weight is 99.2 g/mol. The zero-order valence-corrected chi connectivity index (χ0v) is 4.48. The van der Waals surface area contributed by atoms with E-state index in [4.69, 9.17) is 0 Å². The van der Waals surface area contributed by atoms with Crippen molar-refractivity contribution >= 4 is 0 Å². The molecule has 0 aliphatic carbocycles. The van der Waals surface area contributed by atoms with Gasteiger partial charge in [0.1, 0.15) is 0 Å². The highest BCUT2D eigenvalue weighted by Crippen LogP contribution is 1.91. The van der Waals surface area contributed by atoms with Crippen molar-refractivity contribution in [3.8, 4) is 0 Å². The SMILES string of the molecule is C1C[N-]CCNC1. The van der Waals surface area contributed by atoms with Crippen LogP contribution in [0.1, 0.15) is 6.42 Å². The normalized spacial score (nSPS) is 24.0. The lowest BCUT2D eigenvalue weighted by Crippen LogP contribution is -2.15. The second-order valence-electron chi connectivity index (χ2n) is 1.77. The van der Waals surface area contributed by atoms with Crippen molar-refractivity contribution in [2.24, 2.45) is 0 Å². The van der Waals surface area contributed by atoms with E-state index in [-0.39, 0.29) is 0 Å². The molecule has 1 N–H and O–H groups in total. The van der Waals surface area contributed by atoms with Crippen molar-refractivity contribution < 1.29 is 0 Å². The second-order valence-corrected chi connectivity index (χ2v) is 1.77. The molecule has 0 atom stereocenters. The highest BCUT2D eigenvalue weighted by atomic mass is 15.0. The summed E-state index contributed by atoms with van der Waals surface area (Å²) in [5.41, 5.74) is 0. The predicted octanol–water partition coefficient (Wildman–Crippen LogP) is 0.353. The fraction of sp³-hybridized carbons (Fsp3) is 1.00. The first-order valence-corrected chi connectivity index (χ1v) is 2.84. The van der Waals surface area contributed by atoms with Crippen LogP contribution in [0.15, 0.2) is 0 Å². The van der Waals surface area contributed by atoms with Crippen molar-refractivity contribution in [3.05, 3.63) is 5.32 Å². The Morgan fingerprint density at radius 2 is 2.14 bits per heavy atom. The molecule has 7 heavy (non-hydrogen) atoms. The van der Waals surface area contributed by atoms with Crippen molar-refractivity contribution in [1.29, 1.82) is 0 Å². The molecule has 0 unspecified atom stereocenters. The van der Waals surface area contributed by atoms with Gasteiger partial charge < -0.3 is 10.6 Å². The minimum atomic E-state index is 1.01. The van der Waals surface area contributed by atoms with Crippen LogP contribution in [0.25, 0.3) is 5.32 Å². The summed E-state index contributed by atoms with van der Waals surface area (Å²) in [6.07, 6.45) is 1.22. The van der Waals surface area contributed by atoms with Gasteiger partial charge in [0, 0.05) is 0 Å². The Hall–Kier alpha value is -0.0800. The van der Waals surface area contributed by atoms with Gasteiger partial charge in [-0.15, -0.1) is 13.1 Å². The molecule has 1 saturated heterocycles. The number of nitrogens with zero attached hydrogens (tertiary/aromatic N) is 1. The smallest absolute Gasteiger partial charge is 0.00660 e. The molecule has 0 amide bonds. The van der Waals surface area contributed by atoms with Crippen LogP contribution < -0.4 is 5.32 Å². The van der Waals surface area contributed by atoms with E-state index >= 15 is 0 Å². The van der Waals surface area contributed by atoms with E-state index in [1.54, 1.807) is 0 Å². The molecule has 1 aliphatic rings. The Morgan fingerprint density at radius 3 is 3.14 bits per heavy atom. The van der Waals surface area contributed by atoms with Crippen LogP contribution in [0.2, 0.25) is 0 Å². The van der Waals surface area contributed by atoms with Gasteiger partial charge in [0.2, 0.25) is 0 Å². The summed E-state index contributed by atoms with van der Waals surface area (Å²) in [7, 11) is 0. The van der Waals surface area contributed by atoms with Crippen LogP contribution in [-0.4, -0.2) is 26.2 Å².